The van der Waals surface area contributed by atoms with E-state index in [-0.39, 0.29) is 12.6 Å². The minimum atomic E-state index is -0.247. The molecule has 0 amide bonds. The molecule has 0 spiro atoms. The Morgan fingerprint density at radius 3 is 2.21 bits per heavy atom. The van der Waals surface area contributed by atoms with Gasteiger partial charge in [-0.05, 0) is 23.5 Å². The lowest BCUT2D eigenvalue weighted by Gasteiger charge is -2.10. The lowest BCUT2D eigenvalue weighted by molar-refractivity contribution is 0.268. The van der Waals surface area contributed by atoms with Gasteiger partial charge in [0.25, 0.3) is 0 Å². The topological polar surface area (TPSA) is 46.2 Å². The van der Waals surface area contributed by atoms with Gasteiger partial charge in [0.1, 0.15) is 0 Å². The second-order valence-electron chi connectivity index (χ2n) is 4.13. The maximum atomic E-state index is 8.88. The van der Waals surface area contributed by atoms with E-state index in [1.807, 2.05) is 12.1 Å². The number of rotatable bonds is 4. The summed E-state index contributed by atoms with van der Waals surface area (Å²) in [6.45, 7) is 4.41. The predicted octanol–water partition coefficient (Wildman–Crippen LogP) is 1.88. The van der Waals surface area contributed by atoms with Gasteiger partial charge in [-0.2, -0.15) is 0 Å². The Labute approximate surface area is 85.8 Å². The zero-order valence-electron chi connectivity index (χ0n) is 8.90. The van der Waals surface area contributed by atoms with Gasteiger partial charge in [0.05, 0.1) is 12.6 Å². The summed E-state index contributed by atoms with van der Waals surface area (Å²) in [6, 6.07) is 7.93. The Morgan fingerprint density at radius 1 is 1.21 bits per heavy atom. The van der Waals surface area contributed by atoms with E-state index in [0.29, 0.717) is 5.92 Å². The van der Waals surface area contributed by atoms with Gasteiger partial charge in [0.2, 0.25) is 0 Å². The average Bonchev–Trinajstić information content (AvgIpc) is 2.17. The van der Waals surface area contributed by atoms with Crippen molar-refractivity contribution in [3.8, 4) is 0 Å². The molecule has 1 aromatic carbocycles. The number of benzene rings is 1. The largest absolute Gasteiger partial charge is 0.394 e. The number of aliphatic hydroxyl groups excluding tert-OH is 1. The van der Waals surface area contributed by atoms with Gasteiger partial charge >= 0.3 is 0 Å². The molecule has 1 atom stereocenters. The van der Waals surface area contributed by atoms with Gasteiger partial charge < -0.3 is 10.8 Å². The van der Waals surface area contributed by atoms with Crippen molar-refractivity contribution >= 4 is 0 Å². The molecule has 14 heavy (non-hydrogen) atoms. The van der Waals surface area contributed by atoms with Crippen LogP contribution in [-0.2, 0) is 6.42 Å². The second-order valence-corrected chi connectivity index (χ2v) is 4.13. The predicted molar refractivity (Wildman–Crippen MR) is 59.0 cm³/mol. The normalized spacial score (nSPS) is 13.2. The Hall–Kier alpha value is -0.860. The monoisotopic (exact) mass is 193 g/mol. The molecule has 0 fully saturated rings. The highest BCUT2D eigenvalue weighted by molar-refractivity contribution is 5.25. The molecule has 1 unspecified atom stereocenters. The van der Waals surface area contributed by atoms with Crippen molar-refractivity contribution in [1.82, 2.24) is 0 Å². The molecule has 78 valence electrons. The van der Waals surface area contributed by atoms with E-state index in [9.17, 15) is 0 Å². The number of nitrogens with two attached hydrogens (primary N) is 1. The summed E-state index contributed by atoms with van der Waals surface area (Å²) in [5, 5.41) is 8.88. The Kier molecular flexibility index (Phi) is 4.11. The third kappa shape index (κ3) is 3.13. The number of hydrogen-bond donors (Lipinski definition) is 2. The van der Waals surface area contributed by atoms with Crippen LogP contribution in [0, 0.1) is 5.92 Å². The van der Waals surface area contributed by atoms with Gasteiger partial charge in [-0.3, -0.25) is 0 Å². The molecule has 2 heteroatoms. The zero-order valence-corrected chi connectivity index (χ0v) is 8.90. The highest BCUT2D eigenvalue weighted by atomic mass is 16.3. The minimum absolute atomic E-state index is 0.00350. The summed E-state index contributed by atoms with van der Waals surface area (Å²) in [5.74, 6) is 0.673. The number of hydrogen-bond acceptors (Lipinski definition) is 2. The van der Waals surface area contributed by atoms with Crippen molar-refractivity contribution in [2.24, 2.45) is 11.7 Å². The SMILES string of the molecule is CC(C)Cc1ccc(C(N)CO)cc1. The highest BCUT2D eigenvalue weighted by Gasteiger charge is 2.04. The van der Waals surface area contributed by atoms with Gasteiger partial charge in [0.15, 0.2) is 0 Å². The van der Waals surface area contributed by atoms with Crippen LogP contribution >= 0.6 is 0 Å². The smallest absolute Gasteiger partial charge is 0.0624 e. The van der Waals surface area contributed by atoms with Crippen molar-refractivity contribution in [2.75, 3.05) is 6.61 Å². The van der Waals surface area contributed by atoms with E-state index in [1.54, 1.807) is 0 Å². The van der Waals surface area contributed by atoms with Crippen LogP contribution in [0.25, 0.3) is 0 Å². The van der Waals surface area contributed by atoms with E-state index in [1.165, 1.54) is 5.56 Å². The zero-order chi connectivity index (χ0) is 10.6. The first kappa shape index (κ1) is 11.2. The first-order valence-electron chi connectivity index (χ1n) is 5.08. The molecule has 0 radical (unpaired) electrons. The molecule has 0 aliphatic heterocycles. The summed E-state index contributed by atoms with van der Waals surface area (Å²) in [6.07, 6.45) is 1.09. The van der Waals surface area contributed by atoms with Crippen LogP contribution < -0.4 is 5.73 Å². The summed E-state index contributed by atoms with van der Waals surface area (Å²) in [4.78, 5) is 0. The molecule has 0 aliphatic carbocycles. The second kappa shape index (κ2) is 5.13. The van der Waals surface area contributed by atoms with Crippen LogP contribution in [0.2, 0.25) is 0 Å². The first-order chi connectivity index (χ1) is 6.63. The van der Waals surface area contributed by atoms with E-state index in [2.05, 4.69) is 26.0 Å². The van der Waals surface area contributed by atoms with Crippen molar-refractivity contribution in [3.05, 3.63) is 35.4 Å². The fourth-order valence-electron chi connectivity index (χ4n) is 1.48. The molecule has 3 N–H and O–H groups in total. The molecule has 2 nitrogen and oxygen atoms in total. The first-order valence-corrected chi connectivity index (χ1v) is 5.08. The van der Waals surface area contributed by atoms with Crippen LogP contribution in [0.5, 0.6) is 0 Å². The van der Waals surface area contributed by atoms with Crippen molar-refractivity contribution in [1.29, 1.82) is 0 Å². The van der Waals surface area contributed by atoms with Gasteiger partial charge in [-0.25, -0.2) is 0 Å². The average molecular weight is 193 g/mol. The molecule has 0 aromatic heterocycles. The van der Waals surface area contributed by atoms with Crippen LogP contribution in [0.3, 0.4) is 0 Å². The van der Waals surface area contributed by atoms with Crippen LogP contribution in [-0.4, -0.2) is 11.7 Å². The maximum absolute atomic E-state index is 8.88. The third-order valence-electron chi connectivity index (χ3n) is 2.25. The Morgan fingerprint density at radius 2 is 1.79 bits per heavy atom. The molecular formula is C12H19NO. The maximum Gasteiger partial charge on any atom is 0.0624 e. The molecule has 0 heterocycles. The van der Waals surface area contributed by atoms with Crippen molar-refractivity contribution < 1.29 is 5.11 Å². The lowest BCUT2D eigenvalue weighted by atomic mass is 10.00. The Bertz CT molecular complexity index is 266. The van der Waals surface area contributed by atoms with Crippen LogP contribution in [0.4, 0.5) is 0 Å². The quantitative estimate of drug-likeness (QED) is 0.767. The third-order valence-corrected chi connectivity index (χ3v) is 2.25. The molecule has 1 rings (SSSR count). The lowest BCUT2D eigenvalue weighted by Crippen LogP contribution is -2.14. The summed E-state index contributed by atoms with van der Waals surface area (Å²) < 4.78 is 0. The molecule has 0 saturated heterocycles. The molecule has 0 bridgehead atoms. The summed E-state index contributed by atoms with van der Waals surface area (Å²) >= 11 is 0. The number of aliphatic hydroxyl groups is 1. The fraction of sp³-hybridized carbons (Fsp3) is 0.500. The van der Waals surface area contributed by atoms with E-state index < -0.39 is 0 Å². The summed E-state index contributed by atoms with van der Waals surface area (Å²) in [5.41, 5.74) is 8.02. The van der Waals surface area contributed by atoms with Crippen molar-refractivity contribution in [2.45, 2.75) is 26.3 Å². The highest BCUT2D eigenvalue weighted by Crippen LogP contribution is 2.13. The van der Waals surface area contributed by atoms with Crippen LogP contribution in [0.1, 0.15) is 31.0 Å². The molecule has 1 aromatic rings. The van der Waals surface area contributed by atoms with E-state index in [4.69, 9.17) is 10.8 Å². The van der Waals surface area contributed by atoms with Gasteiger partial charge in [-0.1, -0.05) is 38.1 Å². The van der Waals surface area contributed by atoms with E-state index in [0.717, 1.165) is 12.0 Å². The molecular weight excluding hydrogens is 174 g/mol. The van der Waals surface area contributed by atoms with Crippen molar-refractivity contribution in [3.63, 3.8) is 0 Å². The van der Waals surface area contributed by atoms with Gasteiger partial charge in [0, 0.05) is 0 Å². The standard InChI is InChI=1S/C12H19NO/c1-9(2)7-10-3-5-11(6-4-10)12(13)8-14/h3-6,9,12,14H,7-8,13H2,1-2H3. The molecule has 0 aliphatic rings. The van der Waals surface area contributed by atoms with Crippen LogP contribution in [0.15, 0.2) is 24.3 Å². The molecule has 0 saturated carbocycles. The van der Waals surface area contributed by atoms with Gasteiger partial charge in [-0.15, -0.1) is 0 Å². The minimum Gasteiger partial charge on any atom is -0.394 e. The fourth-order valence-corrected chi connectivity index (χ4v) is 1.48. The van der Waals surface area contributed by atoms with E-state index >= 15 is 0 Å². The Balaban J connectivity index is 2.68. The summed E-state index contributed by atoms with van der Waals surface area (Å²) in [7, 11) is 0.